The molecule has 4 aromatic rings. The molecule has 148 valence electrons. The first-order valence-corrected chi connectivity index (χ1v) is 9.53. The van der Waals surface area contributed by atoms with E-state index in [0.29, 0.717) is 34.8 Å². The molecule has 0 bridgehead atoms. The number of aromatic nitrogens is 4. The molecule has 0 saturated heterocycles. The number of carbonyl (C=O) groups is 1. The molecule has 0 aliphatic carbocycles. The summed E-state index contributed by atoms with van der Waals surface area (Å²) < 4.78 is 16.7. The van der Waals surface area contributed by atoms with E-state index in [9.17, 15) is 4.79 Å². The Hall–Kier alpha value is -3.53. The summed E-state index contributed by atoms with van der Waals surface area (Å²) in [6.45, 7) is 0. The van der Waals surface area contributed by atoms with Gasteiger partial charge in [0.05, 0.1) is 24.4 Å². The van der Waals surface area contributed by atoms with Crippen molar-refractivity contribution in [3.8, 4) is 22.9 Å². The average Bonchev–Trinajstić information content (AvgIpc) is 3.38. The largest absolute Gasteiger partial charge is 0.493 e. The predicted octanol–water partition coefficient (Wildman–Crippen LogP) is 3.33. The number of thiazole rings is 1. The first kappa shape index (κ1) is 18.8. The van der Waals surface area contributed by atoms with Gasteiger partial charge in [-0.25, -0.2) is 4.98 Å². The number of anilines is 1. The van der Waals surface area contributed by atoms with Gasteiger partial charge in [0.25, 0.3) is 0 Å². The third kappa shape index (κ3) is 4.16. The van der Waals surface area contributed by atoms with E-state index in [-0.39, 0.29) is 12.3 Å². The van der Waals surface area contributed by atoms with E-state index in [1.54, 1.807) is 44.8 Å². The molecule has 0 spiro atoms. The Balaban J connectivity index is 1.39. The second-order valence-electron chi connectivity index (χ2n) is 5.99. The van der Waals surface area contributed by atoms with E-state index in [2.05, 4.69) is 25.4 Å². The number of nitrogens with one attached hydrogen (secondary N) is 1. The number of hydrogen-bond acceptors (Lipinski definition) is 9. The van der Waals surface area contributed by atoms with Crippen LogP contribution in [0.3, 0.4) is 0 Å². The van der Waals surface area contributed by atoms with Gasteiger partial charge in [-0.05, 0) is 12.1 Å². The smallest absolute Gasteiger partial charge is 0.227 e. The van der Waals surface area contributed by atoms with Crippen LogP contribution >= 0.6 is 11.3 Å². The highest BCUT2D eigenvalue weighted by molar-refractivity contribution is 7.22. The van der Waals surface area contributed by atoms with Crippen LogP contribution in [-0.2, 0) is 11.2 Å². The van der Waals surface area contributed by atoms with E-state index in [0.717, 1.165) is 15.8 Å². The van der Waals surface area contributed by atoms with Crippen LogP contribution in [0.1, 0.15) is 12.3 Å². The number of aryl methyl sites for hydroxylation is 1. The van der Waals surface area contributed by atoms with Crippen LogP contribution < -0.4 is 14.8 Å². The number of carbonyl (C=O) groups excluding carboxylic acids is 1. The van der Waals surface area contributed by atoms with Crippen molar-refractivity contribution in [3.05, 3.63) is 42.5 Å². The van der Waals surface area contributed by atoms with Crippen LogP contribution in [0.25, 0.3) is 21.6 Å². The molecule has 0 atom stereocenters. The predicted molar refractivity (Wildman–Crippen MR) is 107 cm³/mol. The minimum Gasteiger partial charge on any atom is -0.493 e. The summed E-state index contributed by atoms with van der Waals surface area (Å²) in [5, 5.41) is 7.24. The quantitative estimate of drug-likeness (QED) is 0.493. The minimum atomic E-state index is -0.188. The Kier molecular flexibility index (Phi) is 5.34. The lowest BCUT2D eigenvalue weighted by Crippen LogP contribution is -2.12. The SMILES string of the molecule is COc1cc2nc(NC(=O)CCc3nc(-c4ccncc4)no3)sc2cc1OC. The van der Waals surface area contributed by atoms with Gasteiger partial charge in [-0.15, -0.1) is 0 Å². The maximum Gasteiger partial charge on any atom is 0.227 e. The maximum atomic E-state index is 12.3. The highest BCUT2D eigenvalue weighted by Crippen LogP contribution is 2.36. The fourth-order valence-electron chi connectivity index (χ4n) is 2.69. The van der Waals surface area contributed by atoms with Crippen molar-refractivity contribution >= 4 is 32.6 Å². The van der Waals surface area contributed by atoms with Crippen LogP contribution in [0.5, 0.6) is 11.5 Å². The second-order valence-corrected chi connectivity index (χ2v) is 7.02. The lowest BCUT2D eigenvalue weighted by atomic mass is 10.2. The normalized spacial score (nSPS) is 10.8. The van der Waals surface area contributed by atoms with Crippen LogP contribution in [0.2, 0.25) is 0 Å². The van der Waals surface area contributed by atoms with Crippen LogP contribution in [0, 0.1) is 0 Å². The van der Waals surface area contributed by atoms with Gasteiger partial charge in [-0.1, -0.05) is 16.5 Å². The molecule has 3 heterocycles. The van der Waals surface area contributed by atoms with Gasteiger partial charge in [0.1, 0.15) is 0 Å². The molecule has 1 aromatic carbocycles. The van der Waals surface area contributed by atoms with E-state index < -0.39 is 0 Å². The van der Waals surface area contributed by atoms with Crippen molar-refractivity contribution in [2.45, 2.75) is 12.8 Å². The van der Waals surface area contributed by atoms with Gasteiger partial charge < -0.3 is 19.3 Å². The summed E-state index contributed by atoms with van der Waals surface area (Å²) in [6, 6.07) is 7.19. The van der Waals surface area contributed by atoms with Crippen molar-refractivity contribution < 1.29 is 18.8 Å². The first-order valence-electron chi connectivity index (χ1n) is 8.71. The topological polar surface area (TPSA) is 112 Å². The molecule has 0 saturated carbocycles. The molecule has 10 heteroatoms. The van der Waals surface area contributed by atoms with E-state index in [1.807, 2.05) is 6.07 Å². The molecule has 4 rings (SSSR count). The molecular formula is C19H17N5O4S. The molecule has 0 fully saturated rings. The van der Waals surface area contributed by atoms with Gasteiger partial charge in [0.15, 0.2) is 16.6 Å². The summed E-state index contributed by atoms with van der Waals surface area (Å²) in [4.78, 5) is 25.0. The van der Waals surface area contributed by atoms with Gasteiger partial charge in [-0.3, -0.25) is 9.78 Å². The van der Waals surface area contributed by atoms with E-state index >= 15 is 0 Å². The number of ether oxygens (including phenoxy) is 2. The Morgan fingerprint density at radius 1 is 1.14 bits per heavy atom. The second kappa shape index (κ2) is 8.23. The van der Waals surface area contributed by atoms with Gasteiger partial charge in [0, 0.05) is 42.9 Å². The number of amides is 1. The molecule has 0 aliphatic rings. The zero-order valence-electron chi connectivity index (χ0n) is 15.7. The molecule has 0 aliphatic heterocycles. The molecule has 29 heavy (non-hydrogen) atoms. The number of pyridine rings is 1. The summed E-state index contributed by atoms with van der Waals surface area (Å²) in [6.07, 6.45) is 3.83. The summed E-state index contributed by atoms with van der Waals surface area (Å²) in [5.41, 5.74) is 1.53. The molecule has 0 unspecified atom stereocenters. The van der Waals surface area contributed by atoms with Gasteiger partial charge in [-0.2, -0.15) is 4.98 Å². The minimum absolute atomic E-state index is 0.188. The first-order chi connectivity index (χ1) is 14.2. The number of fused-ring (bicyclic) bond motifs is 1. The summed E-state index contributed by atoms with van der Waals surface area (Å²) >= 11 is 1.36. The number of rotatable bonds is 7. The lowest BCUT2D eigenvalue weighted by molar-refractivity contribution is -0.116. The standard InChI is InChI=1S/C19H17N5O4S/c1-26-13-9-12-15(10-14(13)27-2)29-19(21-12)22-16(25)3-4-17-23-18(24-28-17)11-5-7-20-8-6-11/h5-10H,3-4H2,1-2H3,(H,21,22,25). The third-order valence-electron chi connectivity index (χ3n) is 4.11. The van der Waals surface area contributed by atoms with Crippen LogP contribution in [-0.4, -0.2) is 40.2 Å². The zero-order valence-corrected chi connectivity index (χ0v) is 16.5. The average molecular weight is 411 g/mol. The van der Waals surface area contributed by atoms with Crippen molar-refractivity contribution in [2.75, 3.05) is 19.5 Å². The third-order valence-corrected chi connectivity index (χ3v) is 5.05. The van der Waals surface area contributed by atoms with Crippen molar-refractivity contribution in [1.29, 1.82) is 0 Å². The highest BCUT2D eigenvalue weighted by atomic mass is 32.1. The van der Waals surface area contributed by atoms with Crippen LogP contribution in [0.4, 0.5) is 5.13 Å². The highest BCUT2D eigenvalue weighted by Gasteiger charge is 2.14. The summed E-state index contributed by atoms with van der Waals surface area (Å²) in [7, 11) is 3.14. The monoisotopic (exact) mass is 411 g/mol. The maximum absolute atomic E-state index is 12.3. The van der Waals surface area contributed by atoms with Gasteiger partial charge in [0.2, 0.25) is 17.6 Å². The molecule has 1 N–H and O–H groups in total. The van der Waals surface area contributed by atoms with Crippen molar-refractivity contribution in [2.24, 2.45) is 0 Å². The Labute approximate surface area is 169 Å². The molecule has 9 nitrogen and oxygen atoms in total. The lowest BCUT2D eigenvalue weighted by Gasteiger charge is -2.05. The fraction of sp³-hybridized carbons (Fsp3) is 0.211. The Morgan fingerprint density at radius 2 is 1.90 bits per heavy atom. The van der Waals surface area contributed by atoms with Crippen LogP contribution in [0.15, 0.2) is 41.2 Å². The van der Waals surface area contributed by atoms with Gasteiger partial charge >= 0.3 is 0 Å². The van der Waals surface area contributed by atoms with Crippen molar-refractivity contribution in [1.82, 2.24) is 20.1 Å². The Morgan fingerprint density at radius 3 is 2.66 bits per heavy atom. The number of nitrogens with zero attached hydrogens (tertiary/aromatic N) is 4. The number of benzene rings is 1. The zero-order chi connectivity index (χ0) is 20.2. The molecular weight excluding hydrogens is 394 g/mol. The fourth-order valence-corrected chi connectivity index (χ4v) is 3.58. The molecule has 3 aromatic heterocycles. The van der Waals surface area contributed by atoms with Crippen molar-refractivity contribution in [3.63, 3.8) is 0 Å². The van der Waals surface area contributed by atoms with E-state index in [4.69, 9.17) is 14.0 Å². The summed E-state index contributed by atoms with van der Waals surface area (Å²) in [5.74, 6) is 1.88. The number of methoxy groups -OCH3 is 2. The Bertz CT molecular complexity index is 1100. The number of hydrogen-bond donors (Lipinski definition) is 1. The van der Waals surface area contributed by atoms with E-state index in [1.165, 1.54) is 11.3 Å². The molecule has 1 amide bonds. The molecule has 0 radical (unpaired) electrons.